The van der Waals surface area contributed by atoms with E-state index in [1.165, 1.54) is 6.20 Å². The summed E-state index contributed by atoms with van der Waals surface area (Å²) in [5.41, 5.74) is 1.37. The molecule has 0 N–H and O–H groups in total. The minimum absolute atomic E-state index is 0.124. The van der Waals surface area contributed by atoms with Crippen molar-refractivity contribution in [1.29, 1.82) is 0 Å². The zero-order chi connectivity index (χ0) is 17.0. The van der Waals surface area contributed by atoms with Gasteiger partial charge in [-0.3, -0.25) is 9.78 Å². The summed E-state index contributed by atoms with van der Waals surface area (Å²) in [6.45, 7) is 2.62. The van der Waals surface area contributed by atoms with Gasteiger partial charge < -0.3 is 9.64 Å². The number of likely N-dealkylation sites (N-methyl/N-ethyl adjacent to an activating group) is 1. The Kier molecular flexibility index (Phi) is 6.27. The molecule has 0 radical (unpaired) electrons. The van der Waals surface area contributed by atoms with Crippen LogP contribution in [0.15, 0.2) is 35.1 Å². The van der Waals surface area contributed by atoms with Crippen molar-refractivity contribution in [3.8, 4) is 5.75 Å². The number of aromatic nitrogens is 1. The summed E-state index contributed by atoms with van der Waals surface area (Å²) in [6, 6.07) is 5.14. The van der Waals surface area contributed by atoms with Crippen LogP contribution in [-0.2, 0) is 0 Å². The van der Waals surface area contributed by atoms with Gasteiger partial charge in [0.25, 0.3) is 5.91 Å². The molecular formula is C16H15BrCl2N2O2. The number of halogens is 3. The van der Waals surface area contributed by atoms with Crippen LogP contribution in [0.2, 0.25) is 10.0 Å². The van der Waals surface area contributed by atoms with Crippen LogP contribution in [0.3, 0.4) is 0 Å². The molecule has 23 heavy (non-hydrogen) atoms. The van der Waals surface area contributed by atoms with Gasteiger partial charge >= 0.3 is 0 Å². The van der Waals surface area contributed by atoms with Crippen molar-refractivity contribution < 1.29 is 9.53 Å². The molecule has 0 unspecified atom stereocenters. The van der Waals surface area contributed by atoms with Crippen molar-refractivity contribution in [2.45, 2.75) is 6.92 Å². The topological polar surface area (TPSA) is 42.4 Å². The first-order valence-corrected chi connectivity index (χ1v) is 8.38. The number of aryl methyl sites for hydroxylation is 1. The Morgan fingerprint density at radius 3 is 2.70 bits per heavy atom. The van der Waals surface area contributed by atoms with Crippen molar-refractivity contribution in [3.63, 3.8) is 0 Å². The molecule has 0 saturated heterocycles. The standard InChI is InChI=1S/C16H15BrCl2N2O2/c1-10-5-13(18)7-14(19)15(10)23-4-3-21(2)16(22)11-6-12(17)9-20-8-11/h5-9H,3-4H2,1-2H3. The Morgan fingerprint density at radius 2 is 2.04 bits per heavy atom. The number of hydrogen-bond acceptors (Lipinski definition) is 3. The lowest BCUT2D eigenvalue weighted by atomic mass is 10.2. The van der Waals surface area contributed by atoms with Gasteiger partial charge in [-0.2, -0.15) is 0 Å². The average molecular weight is 418 g/mol. The van der Waals surface area contributed by atoms with E-state index in [0.29, 0.717) is 34.5 Å². The third-order valence-electron chi connectivity index (χ3n) is 3.17. The predicted molar refractivity (Wildman–Crippen MR) is 95.6 cm³/mol. The van der Waals surface area contributed by atoms with Gasteiger partial charge in [-0.15, -0.1) is 0 Å². The van der Waals surface area contributed by atoms with Gasteiger partial charge in [0.2, 0.25) is 0 Å². The van der Waals surface area contributed by atoms with E-state index in [4.69, 9.17) is 27.9 Å². The molecule has 7 heteroatoms. The Hall–Kier alpha value is -1.30. The molecule has 1 aromatic carbocycles. The SMILES string of the molecule is Cc1cc(Cl)cc(Cl)c1OCCN(C)C(=O)c1cncc(Br)c1. The van der Waals surface area contributed by atoms with E-state index in [9.17, 15) is 4.79 Å². The number of hydrogen-bond donors (Lipinski definition) is 0. The van der Waals surface area contributed by atoms with Crippen LogP contribution in [0.25, 0.3) is 0 Å². The van der Waals surface area contributed by atoms with Gasteiger partial charge in [-0.05, 0) is 46.6 Å². The first-order valence-electron chi connectivity index (χ1n) is 6.83. The second-order valence-electron chi connectivity index (χ2n) is 5.00. The molecule has 0 aliphatic rings. The fraction of sp³-hybridized carbons (Fsp3) is 0.250. The summed E-state index contributed by atoms with van der Waals surface area (Å²) in [5, 5.41) is 1.02. The van der Waals surface area contributed by atoms with Gasteiger partial charge in [0.15, 0.2) is 0 Å². The van der Waals surface area contributed by atoms with E-state index < -0.39 is 0 Å². The zero-order valence-electron chi connectivity index (χ0n) is 12.6. The molecule has 0 aliphatic carbocycles. The molecule has 0 saturated carbocycles. The quantitative estimate of drug-likeness (QED) is 0.713. The highest BCUT2D eigenvalue weighted by molar-refractivity contribution is 9.10. The van der Waals surface area contributed by atoms with E-state index in [2.05, 4.69) is 20.9 Å². The number of carbonyl (C=O) groups excluding carboxylic acids is 1. The second-order valence-corrected chi connectivity index (χ2v) is 6.76. The molecule has 1 heterocycles. The molecule has 1 aromatic heterocycles. The molecule has 0 fully saturated rings. The van der Waals surface area contributed by atoms with Gasteiger partial charge in [-0.25, -0.2) is 0 Å². The third-order valence-corrected chi connectivity index (χ3v) is 4.10. The largest absolute Gasteiger partial charge is 0.490 e. The molecule has 4 nitrogen and oxygen atoms in total. The van der Waals surface area contributed by atoms with Crippen LogP contribution in [-0.4, -0.2) is 36.0 Å². The van der Waals surface area contributed by atoms with Gasteiger partial charge in [-0.1, -0.05) is 23.2 Å². The Bertz CT molecular complexity index is 702. The van der Waals surface area contributed by atoms with E-state index in [0.717, 1.165) is 10.0 Å². The minimum Gasteiger partial charge on any atom is -0.490 e. The maximum Gasteiger partial charge on any atom is 0.255 e. The van der Waals surface area contributed by atoms with E-state index in [1.807, 2.05) is 6.92 Å². The summed E-state index contributed by atoms with van der Waals surface area (Å²) in [5.74, 6) is 0.461. The minimum atomic E-state index is -0.124. The number of amides is 1. The Labute approximate surface area is 153 Å². The lowest BCUT2D eigenvalue weighted by molar-refractivity contribution is 0.0773. The number of ether oxygens (including phenoxy) is 1. The second kappa shape index (κ2) is 7.99. The zero-order valence-corrected chi connectivity index (χ0v) is 15.7. The molecule has 0 bridgehead atoms. The summed E-state index contributed by atoms with van der Waals surface area (Å²) in [4.78, 5) is 17.8. The lowest BCUT2D eigenvalue weighted by Crippen LogP contribution is -2.31. The van der Waals surface area contributed by atoms with Crippen LogP contribution in [0.4, 0.5) is 0 Å². The third kappa shape index (κ3) is 4.83. The maximum absolute atomic E-state index is 12.3. The highest BCUT2D eigenvalue weighted by atomic mass is 79.9. The van der Waals surface area contributed by atoms with Gasteiger partial charge in [0, 0.05) is 28.9 Å². The number of benzene rings is 1. The average Bonchev–Trinajstić information content (AvgIpc) is 2.48. The molecule has 0 atom stereocenters. The maximum atomic E-state index is 12.3. The molecule has 122 valence electrons. The number of carbonyl (C=O) groups is 1. The van der Waals surface area contributed by atoms with Crippen LogP contribution in [0, 0.1) is 6.92 Å². The first-order chi connectivity index (χ1) is 10.9. The summed E-state index contributed by atoms with van der Waals surface area (Å²) >= 11 is 15.3. The number of rotatable bonds is 5. The van der Waals surface area contributed by atoms with Crippen LogP contribution in [0.1, 0.15) is 15.9 Å². The van der Waals surface area contributed by atoms with Crippen molar-refractivity contribution in [1.82, 2.24) is 9.88 Å². The van der Waals surface area contributed by atoms with Crippen molar-refractivity contribution in [2.75, 3.05) is 20.2 Å². The van der Waals surface area contributed by atoms with Crippen LogP contribution >= 0.6 is 39.1 Å². The molecule has 2 rings (SSSR count). The summed E-state index contributed by atoms with van der Waals surface area (Å²) < 4.78 is 6.45. The summed E-state index contributed by atoms with van der Waals surface area (Å²) in [7, 11) is 1.71. The molecule has 0 aliphatic heterocycles. The predicted octanol–water partition coefficient (Wildman–Crippen LogP) is 4.61. The molecular weight excluding hydrogens is 403 g/mol. The Morgan fingerprint density at radius 1 is 1.30 bits per heavy atom. The molecule has 2 aromatic rings. The normalized spacial score (nSPS) is 10.5. The van der Waals surface area contributed by atoms with Crippen molar-refractivity contribution >= 4 is 45.0 Å². The smallest absolute Gasteiger partial charge is 0.255 e. The van der Waals surface area contributed by atoms with Crippen molar-refractivity contribution in [3.05, 3.63) is 56.2 Å². The van der Waals surface area contributed by atoms with Crippen LogP contribution in [0.5, 0.6) is 5.75 Å². The molecule has 1 amide bonds. The van der Waals surface area contributed by atoms with E-state index >= 15 is 0 Å². The monoisotopic (exact) mass is 416 g/mol. The number of nitrogens with zero attached hydrogens (tertiary/aromatic N) is 2. The fourth-order valence-corrected chi connectivity index (χ4v) is 3.02. The molecule has 0 spiro atoms. The highest BCUT2D eigenvalue weighted by Gasteiger charge is 2.13. The summed E-state index contributed by atoms with van der Waals surface area (Å²) in [6.07, 6.45) is 3.16. The van der Waals surface area contributed by atoms with E-state index in [-0.39, 0.29) is 5.91 Å². The van der Waals surface area contributed by atoms with Crippen molar-refractivity contribution in [2.24, 2.45) is 0 Å². The van der Waals surface area contributed by atoms with Gasteiger partial charge in [0.05, 0.1) is 17.1 Å². The lowest BCUT2D eigenvalue weighted by Gasteiger charge is -2.18. The Balaban J connectivity index is 1.95. The highest BCUT2D eigenvalue weighted by Crippen LogP contribution is 2.31. The van der Waals surface area contributed by atoms with E-state index in [1.54, 1.807) is 36.3 Å². The first kappa shape index (κ1) is 18.0. The van der Waals surface area contributed by atoms with Gasteiger partial charge in [0.1, 0.15) is 12.4 Å². The van der Waals surface area contributed by atoms with Crippen LogP contribution < -0.4 is 4.74 Å². The fourth-order valence-electron chi connectivity index (χ4n) is 2.01. The number of pyridine rings is 1.